The molecule has 23 heavy (non-hydrogen) atoms. The van der Waals surface area contributed by atoms with Gasteiger partial charge in [-0.2, -0.15) is 4.98 Å². The summed E-state index contributed by atoms with van der Waals surface area (Å²) in [6, 6.07) is 3.14. The first-order chi connectivity index (χ1) is 10.9. The summed E-state index contributed by atoms with van der Waals surface area (Å²) in [5.74, 6) is -2.14. The van der Waals surface area contributed by atoms with Crippen LogP contribution in [0.2, 0.25) is 5.02 Å². The van der Waals surface area contributed by atoms with Gasteiger partial charge in [0.2, 0.25) is 0 Å². The van der Waals surface area contributed by atoms with E-state index in [2.05, 4.69) is 21.9 Å². The number of nitrogens with one attached hydrogen (secondary N) is 1. The minimum Gasteiger partial charge on any atom is -0.480 e. The Labute approximate surface area is 136 Å². The average Bonchev–Trinajstić information content (AvgIpc) is 2.88. The zero-order chi connectivity index (χ0) is 16.7. The predicted octanol–water partition coefficient (Wildman–Crippen LogP) is 4.59. The van der Waals surface area contributed by atoms with E-state index in [1.54, 1.807) is 0 Å². The molecule has 1 radical (unpaired) electrons. The Hall–Kier alpha value is -2.21. The molecule has 0 saturated heterocycles. The standard InChI is InChI=1S/C16H13ClF2N3O/c1-3-7(2)13-12(17)11(8-4-5-9(18)10(19)6-8)14-15(20-13)22-16(23)21-14/h4-7H,2-3H2,1H3,(H2,20,21,22,23)/t7-/m0/s1. The minimum absolute atomic E-state index is 0.199. The molecule has 0 unspecified atom stereocenters. The molecule has 4 nitrogen and oxygen atoms in total. The van der Waals surface area contributed by atoms with E-state index in [0.717, 1.165) is 12.1 Å². The second-order valence-corrected chi connectivity index (χ2v) is 5.56. The number of pyridine rings is 1. The number of aromatic nitrogens is 3. The molecule has 0 aliphatic heterocycles. The first-order valence-corrected chi connectivity index (χ1v) is 7.36. The molecule has 7 heteroatoms. The topological polar surface area (TPSA) is 61.8 Å². The highest BCUT2D eigenvalue weighted by Gasteiger charge is 2.21. The van der Waals surface area contributed by atoms with E-state index < -0.39 is 11.6 Å². The Bertz CT molecular complexity index is 895. The van der Waals surface area contributed by atoms with Gasteiger partial charge in [-0.25, -0.2) is 13.8 Å². The molecule has 2 heterocycles. The molecule has 3 aromatic rings. The second kappa shape index (κ2) is 5.77. The van der Waals surface area contributed by atoms with Gasteiger partial charge in [0.1, 0.15) is 0 Å². The Morgan fingerprint density at radius 2 is 2.04 bits per heavy atom. The lowest BCUT2D eigenvalue weighted by Gasteiger charge is -2.14. The number of nitrogens with zero attached hydrogens (tertiary/aromatic N) is 2. The second-order valence-electron chi connectivity index (χ2n) is 5.18. The summed E-state index contributed by atoms with van der Waals surface area (Å²) < 4.78 is 26.8. The summed E-state index contributed by atoms with van der Waals surface area (Å²) in [6.07, 6.45) is 0.686. The smallest absolute Gasteiger partial charge is 0.293 e. The van der Waals surface area contributed by atoms with Crippen molar-refractivity contribution in [1.82, 2.24) is 15.0 Å². The Balaban J connectivity index is 2.36. The van der Waals surface area contributed by atoms with Gasteiger partial charge in [-0.3, -0.25) is 0 Å². The van der Waals surface area contributed by atoms with E-state index in [9.17, 15) is 13.9 Å². The molecule has 0 saturated carbocycles. The monoisotopic (exact) mass is 336 g/mol. The maximum Gasteiger partial charge on any atom is 0.293 e. The van der Waals surface area contributed by atoms with Crippen LogP contribution in [0.4, 0.5) is 8.78 Å². The molecular weight excluding hydrogens is 324 g/mol. The van der Waals surface area contributed by atoms with Crippen molar-refractivity contribution >= 4 is 22.8 Å². The van der Waals surface area contributed by atoms with Gasteiger partial charge < -0.3 is 10.1 Å². The van der Waals surface area contributed by atoms with Gasteiger partial charge >= 0.3 is 0 Å². The first-order valence-electron chi connectivity index (χ1n) is 6.99. The fraction of sp³-hybridized carbons (Fsp3) is 0.188. The summed E-state index contributed by atoms with van der Waals surface area (Å²) in [7, 11) is 0. The molecule has 0 aliphatic rings. The number of aromatic hydroxyl groups is 1. The van der Waals surface area contributed by atoms with Crippen molar-refractivity contribution in [3.8, 4) is 17.1 Å². The van der Waals surface area contributed by atoms with Crippen LogP contribution < -0.4 is 0 Å². The summed E-state index contributed by atoms with van der Waals surface area (Å²) >= 11 is 6.45. The summed E-state index contributed by atoms with van der Waals surface area (Å²) in [5.41, 5.74) is 1.84. The van der Waals surface area contributed by atoms with Crippen LogP contribution in [0.15, 0.2) is 18.2 Å². The Morgan fingerprint density at radius 1 is 1.30 bits per heavy atom. The fourth-order valence-electron chi connectivity index (χ4n) is 2.39. The molecule has 3 rings (SSSR count). The van der Waals surface area contributed by atoms with Crippen molar-refractivity contribution < 1.29 is 13.9 Å². The van der Waals surface area contributed by atoms with Gasteiger partial charge in [-0.05, 0) is 31.0 Å². The lowest BCUT2D eigenvalue weighted by Crippen LogP contribution is -2.00. The zero-order valence-corrected chi connectivity index (χ0v) is 13.0. The lowest BCUT2D eigenvalue weighted by molar-refractivity contribution is 0.438. The van der Waals surface area contributed by atoms with Crippen LogP contribution in [-0.4, -0.2) is 20.1 Å². The van der Waals surface area contributed by atoms with Gasteiger partial charge in [-0.1, -0.05) is 24.6 Å². The van der Waals surface area contributed by atoms with Crippen molar-refractivity contribution in [3.63, 3.8) is 0 Å². The third kappa shape index (κ3) is 2.63. The molecule has 1 atom stereocenters. The number of hydrogen-bond donors (Lipinski definition) is 2. The quantitative estimate of drug-likeness (QED) is 0.735. The van der Waals surface area contributed by atoms with E-state index in [1.807, 2.05) is 6.92 Å². The number of imidazole rings is 1. The molecule has 2 aromatic heterocycles. The highest BCUT2D eigenvalue weighted by atomic mass is 35.5. The molecule has 2 N–H and O–H groups in total. The Morgan fingerprint density at radius 3 is 2.70 bits per heavy atom. The van der Waals surface area contributed by atoms with Gasteiger partial charge in [0.05, 0.1) is 16.2 Å². The van der Waals surface area contributed by atoms with Crippen molar-refractivity contribution in [2.45, 2.75) is 19.3 Å². The van der Waals surface area contributed by atoms with Crippen LogP contribution >= 0.6 is 11.6 Å². The molecule has 119 valence electrons. The van der Waals surface area contributed by atoms with Gasteiger partial charge in [0, 0.05) is 11.5 Å². The lowest BCUT2D eigenvalue weighted by atomic mass is 9.98. The van der Waals surface area contributed by atoms with Gasteiger partial charge in [-0.15, -0.1) is 0 Å². The number of rotatable bonds is 3. The Kier molecular flexibility index (Phi) is 3.93. The van der Waals surface area contributed by atoms with Gasteiger partial charge in [0.25, 0.3) is 6.01 Å². The van der Waals surface area contributed by atoms with E-state index >= 15 is 0 Å². The van der Waals surface area contributed by atoms with Crippen LogP contribution in [0.25, 0.3) is 22.3 Å². The zero-order valence-electron chi connectivity index (χ0n) is 12.2. The average molecular weight is 337 g/mol. The van der Waals surface area contributed by atoms with Gasteiger partial charge in [0.15, 0.2) is 17.3 Å². The fourth-order valence-corrected chi connectivity index (χ4v) is 2.79. The van der Waals surface area contributed by atoms with Crippen LogP contribution in [0, 0.1) is 18.6 Å². The van der Waals surface area contributed by atoms with E-state index in [1.165, 1.54) is 6.07 Å². The molecule has 0 bridgehead atoms. The maximum atomic E-state index is 13.6. The molecule has 0 fully saturated rings. The summed E-state index contributed by atoms with van der Waals surface area (Å²) in [4.78, 5) is 10.9. The number of H-pyrrole nitrogens is 1. The SMILES string of the molecule is [CH2][C@@H](CC)c1nc2nc(O)[nH]c2c(-c2ccc(F)c(F)c2)c1Cl. The molecule has 1 aromatic carbocycles. The predicted molar refractivity (Wildman–Crippen MR) is 84.3 cm³/mol. The largest absolute Gasteiger partial charge is 0.480 e. The molecule has 0 spiro atoms. The summed E-state index contributed by atoms with van der Waals surface area (Å²) in [6.45, 7) is 5.92. The van der Waals surface area contributed by atoms with Crippen molar-refractivity contribution in [2.24, 2.45) is 0 Å². The first kappa shape index (κ1) is 15.7. The highest BCUT2D eigenvalue weighted by Crippen LogP contribution is 2.39. The van der Waals surface area contributed by atoms with E-state index in [0.29, 0.717) is 28.8 Å². The van der Waals surface area contributed by atoms with Crippen LogP contribution in [-0.2, 0) is 0 Å². The number of hydrogen-bond acceptors (Lipinski definition) is 3. The highest BCUT2D eigenvalue weighted by molar-refractivity contribution is 6.35. The minimum atomic E-state index is -0.990. The van der Waals surface area contributed by atoms with Crippen LogP contribution in [0.3, 0.4) is 0 Å². The van der Waals surface area contributed by atoms with E-state index in [4.69, 9.17) is 11.6 Å². The number of halogens is 3. The number of benzene rings is 1. The third-order valence-corrected chi connectivity index (χ3v) is 4.06. The molecule has 0 aliphatic carbocycles. The number of aromatic amines is 1. The molecule has 0 amide bonds. The third-order valence-electron chi connectivity index (χ3n) is 3.68. The normalized spacial score (nSPS) is 12.7. The van der Waals surface area contributed by atoms with Crippen molar-refractivity contribution in [2.75, 3.05) is 0 Å². The van der Waals surface area contributed by atoms with Crippen molar-refractivity contribution in [3.05, 3.63) is 47.5 Å². The van der Waals surface area contributed by atoms with Crippen molar-refractivity contribution in [1.29, 1.82) is 0 Å². The summed E-state index contributed by atoms with van der Waals surface area (Å²) in [5, 5.41) is 9.88. The maximum absolute atomic E-state index is 13.6. The van der Waals surface area contributed by atoms with Crippen LogP contribution in [0.1, 0.15) is 25.0 Å². The molecular formula is C16H13ClF2N3O. The number of fused-ring (bicyclic) bond motifs is 1. The van der Waals surface area contributed by atoms with E-state index in [-0.39, 0.29) is 22.6 Å². The van der Waals surface area contributed by atoms with Crippen LogP contribution in [0.5, 0.6) is 6.01 Å².